The Morgan fingerprint density at radius 2 is 2.18 bits per heavy atom. The third-order valence-electron chi connectivity index (χ3n) is 3.18. The fourth-order valence-electron chi connectivity index (χ4n) is 1.96. The maximum Gasteiger partial charge on any atom is 0.146 e. The van der Waals surface area contributed by atoms with E-state index in [-0.39, 0.29) is 10.8 Å². The maximum absolute atomic E-state index is 13.7. The van der Waals surface area contributed by atoms with Gasteiger partial charge in [-0.15, -0.1) is 5.53 Å². The van der Waals surface area contributed by atoms with E-state index in [9.17, 15) is 4.39 Å². The molecular formula is C12H13ClFN3. The number of hydrogen-bond donors (Lipinski definition) is 2. The first-order valence-electron chi connectivity index (χ1n) is 5.64. The van der Waals surface area contributed by atoms with E-state index in [1.165, 1.54) is 18.5 Å². The summed E-state index contributed by atoms with van der Waals surface area (Å²) < 4.78 is 13.7. The molecular weight excluding hydrogens is 241 g/mol. The number of rotatable bonds is 2. The van der Waals surface area contributed by atoms with Crippen LogP contribution in [0.5, 0.6) is 0 Å². The van der Waals surface area contributed by atoms with E-state index in [0.717, 1.165) is 5.69 Å². The van der Waals surface area contributed by atoms with Crippen LogP contribution in [0.15, 0.2) is 24.0 Å². The molecule has 0 spiro atoms. The summed E-state index contributed by atoms with van der Waals surface area (Å²) in [4.78, 5) is 0. The molecule has 0 atom stereocenters. The Labute approximate surface area is 104 Å². The van der Waals surface area contributed by atoms with E-state index in [1.807, 2.05) is 12.3 Å². The number of nitrogens with zero attached hydrogens (tertiary/aromatic N) is 1. The van der Waals surface area contributed by atoms with E-state index in [4.69, 9.17) is 11.6 Å². The Bertz CT molecular complexity index is 497. The van der Waals surface area contributed by atoms with Gasteiger partial charge in [0, 0.05) is 23.4 Å². The average molecular weight is 254 g/mol. The third kappa shape index (κ3) is 1.87. The number of hydrazine groups is 2. The van der Waals surface area contributed by atoms with Crippen LogP contribution in [0.4, 0.5) is 10.1 Å². The van der Waals surface area contributed by atoms with Crippen LogP contribution in [-0.4, -0.2) is 0 Å². The van der Waals surface area contributed by atoms with Gasteiger partial charge in [0.05, 0.1) is 10.7 Å². The van der Waals surface area contributed by atoms with Gasteiger partial charge in [0.1, 0.15) is 5.82 Å². The lowest BCUT2D eigenvalue weighted by Gasteiger charge is -2.18. The minimum atomic E-state index is -0.362. The van der Waals surface area contributed by atoms with Crippen molar-refractivity contribution >= 4 is 17.3 Å². The van der Waals surface area contributed by atoms with Crippen LogP contribution in [0.2, 0.25) is 5.02 Å². The van der Waals surface area contributed by atoms with Crippen LogP contribution in [0, 0.1) is 18.7 Å². The summed E-state index contributed by atoms with van der Waals surface area (Å²) in [6, 6.07) is 3.38. The van der Waals surface area contributed by atoms with Crippen LogP contribution in [0.3, 0.4) is 0 Å². The van der Waals surface area contributed by atoms with Crippen molar-refractivity contribution in [1.82, 2.24) is 11.0 Å². The zero-order chi connectivity index (χ0) is 12.0. The molecule has 0 unspecified atom stereocenters. The normalized spacial score (nSPS) is 19.2. The highest BCUT2D eigenvalue weighted by Gasteiger charge is 2.30. The Balaban J connectivity index is 1.92. The van der Waals surface area contributed by atoms with Crippen LogP contribution in [0.1, 0.15) is 18.4 Å². The fraction of sp³-hybridized carbons (Fsp3) is 0.333. The highest BCUT2D eigenvalue weighted by Crippen LogP contribution is 2.37. The smallest absolute Gasteiger partial charge is 0.146 e. The summed E-state index contributed by atoms with van der Waals surface area (Å²) in [5, 5.41) is 1.95. The third-order valence-corrected chi connectivity index (χ3v) is 3.47. The molecule has 17 heavy (non-hydrogen) atoms. The predicted octanol–water partition coefficient (Wildman–Crippen LogP) is 2.87. The SMILES string of the molecule is Cc1c(N2C=C(C3CC3)NN2)ccc(Cl)c1F. The van der Waals surface area contributed by atoms with Crippen LogP contribution >= 0.6 is 11.6 Å². The molecule has 2 N–H and O–H groups in total. The van der Waals surface area contributed by atoms with Gasteiger partial charge in [-0.25, -0.2) is 4.39 Å². The molecule has 1 heterocycles. The van der Waals surface area contributed by atoms with Gasteiger partial charge in [-0.2, -0.15) is 0 Å². The molecule has 1 aliphatic carbocycles. The van der Waals surface area contributed by atoms with E-state index >= 15 is 0 Å². The Kier molecular flexibility index (Phi) is 2.49. The topological polar surface area (TPSA) is 27.3 Å². The lowest BCUT2D eigenvalue weighted by atomic mass is 10.2. The second-order valence-corrected chi connectivity index (χ2v) is 4.88. The molecule has 1 saturated carbocycles. The van der Waals surface area contributed by atoms with Crippen LogP contribution in [-0.2, 0) is 0 Å². The molecule has 1 fully saturated rings. The van der Waals surface area contributed by atoms with Gasteiger partial charge in [-0.1, -0.05) is 11.6 Å². The minimum absolute atomic E-state index is 0.157. The molecule has 1 aromatic carbocycles. The molecule has 3 rings (SSSR count). The molecule has 0 amide bonds. The van der Waals surface area contributed by atoms with Crippen LogP contribution in [0.25, 0.3) is 0 Å². The van der Waals surface area contributed by atoms with Gasteiger partial charge in [-0.3, -0.25) is 5.01 Å². The number of anilines is 1. The average Bonchev–Trinajstić information content (AvgIpc) is 3.06. The van der Waals surface area contributed by atoms with Crippen molar-refractivity contribution in [2.45, 2.75) is 19.8 Å². The fourth-order valence-corrected chi connectivity index (χ4v) is 2.17. The number of halogens is 2. The summed E-state index contributed by atoms with van der Waals surface area (Å²) in [6.45, 7) is 1.72. The van der Waals surface area contributed by atoms with E-state index in [2.05, 4.69) is 11.0 Å². The van der Waals surface area contributed by atoms with Crippen molar-refractivity contribution < 1.29 is 4.39 Å². The highest BCUT2D eigenvalue weighted by molar-refractivity contribution is 6.30. The van der Waals surface area contributed by atoms with Crippen molar-refractivity contribution in [3.63, 3.8) is 0 Å². The monoisotopic (exact) mass is 253 g/mol. The van der Waals surface area contributed by atoms with Gasteiger partial charge < -0.3 is 5.43 Å². The Morgan fingerprint density at radius 1 is 1.41 bits per heavy atom. The molecule has 90 valence electrons. The zero-order valence-corrected chi connectivity index (χ0v) is 10.2. The molecule has 0 aromatic heterocycles. The van der Waals surface area contributed by atoms with E-state index in [0.29, 0.717) is 11.5 Å². The van der Waals surface area contributed by atoms with Gasteiger partial charge >= 0.3 is 0 Å². The number of hydrogen-bond acceptors (Lipinski definition) is 3. The first kappa shape index (κ1) is 10.9. The zero-order valence-electron chi connectivity index (χ0n) is 9.43. The molecule has 0 bridgehead atoms. The summed E-state index contributed by atoms with van der Waals surface area (Å²) in [5.41, 5.74) is 8.60. The van der Waals surface area contributed by atoms with Crippen molar-refractivity contribution in [3.05, 3.63) is 40.4 Å². The predicted molar refractivity (Wildman–Crippen MR) is 65.7 cm³/mol. The molecule has 0 saturated heterocycles. The first-order valence-corrected chi connectivity index (χ1v) is 6.02. The minimum Gasteiger partial charge on any atom is -0.306 e. The highest BCUT2D eigenvalue weighted by atomic mass is 35.5. The van der Waals surface area contributed by atoms with Gasteiger partial charge in [0.25, 0.3) is 0 Å². The summed E-state index contributed by atoms with van der Waals surface area (Å²) in [6.07, 6.45) is 4.43. The summed E-state index contributed by atoms with van der Waals surface area (Å²) in [5.74, 6) is 0.268. The molecule has 1 aliphatic heterocycles. The second kappa shape index (κ2) is 3.89. The van der Waals surface area contributed by atoms with Crippen LogP contribution < -0.4 is 16.0 Å². The Hall–Kier alpha value is -1.26. The quantitative estimate of drug-likeness (QED) is 0.849. The Morgan fingerprint density at radius 3 is 2.88 bits per heavy atom. The van der Waals surface area contributed by atoms with Crippen molar-refractivity contribution in [1.29, 1.82) is 0 Å². The lowest BCUT2D eigenvalue weighted by Crippen LogP contribution is -2.37. The number of benzene rings is 1. The molecule has 1 aromatic rings. The van der Waals surface area contributed by atoms with Gasteiger partial charge in [-0.05, 0) is 31.9 Å². The summed E-state index contributed by atoms with van der Waals surface area (Å²) >= 11 is 5.74. The standard InChI is InChI=1S/C12H13ClFN3/c1-7-11(5-4-9(13)12(7)14)17-6-10(15-16-17)8-2-3-8/h4-6,8,15-16H,2-3H2,1H3. The molecule has 5 heteroatoms. The van der Waals surface area contributed by atoms with E-state index in [1.54, 1.807) is 18.0 Å². The van der Waals surface area contributed by atoms with Crippen molar-refractivity contribution in [2.24, 2.45) is 5.92 Å². The van der Waals surface area contributed by atoms with Gasteiger partial charge in [0.2, 0.25) is 0 Å². The number of nitrogens with one attached hydrogen (secondary N) is 2. The maximum atomic E-state index is 13.7. The van der Waals surface area contributed by atoms with Crippen molar-refractivity contribution in [2.75, 3.05) is 5.01 Å². The number of allylic oxidation sites excluding steroid dienone is 1. The summed E-state index contributed by atoms with van der Waals surface area (Å²) in [7, 11) is 0. The molecule has 0 radical (unpaired) electrons. The molecule has 2 aliphatic rings. The lowest BCUT2D eigenvalue weighted by molar-refractivity contribution is 0.609. The first-order chi connectivity index (χ1) is 8.16. The molecule has 3 nitrogen and oxygen atoms in total. The second-order valence-electron chi connectivity index (χ2n) is 4.47. The van der Waals surface area contributed by atoms with Crippen molar-refractivity contribution in [3.8, 4) is 0 Å². The van der Waals surface area contributed by atoms with Gasteiger partial charge in [0.15, 0.2) is 0 Å². The van der Waals surface area contributed by atoms with E-state index < -0.39 is 0 Å². The largest absolute Gasteiger partial charge is 0.306 e.